The molecule has 226 valence electrons. The lowest BCUT2D eigenvalue weighted by atomic mass is 9.74. The summed E-state index contributed by atoms with van der Waals surface area (Å²) in [5.74, 6) is -1.76. The maximum Gasteiger partial charge on any atom is 0.251 e. The molecule has 1 spiro atoms. The number of fused-ring (bicyclic) bond motifs is 2. The van der Waals surface area contributed by atoms with Gasteiger partial charge in [0.25, 0.3) is 5.91 Å². The highest BCUT2D eigenvalue weighted by atomic mass is 35.5. The Morgan fingerprint density at radius 2 is 1.63 bits per heavy atom. The van der Waals surface area contributed by atoms with Gasteiger partial charge in [-0.2, -0.15) is 0 Å². The van der Waals surface area contributed by atoms with E-state index in [0.29, 0.717) is 36.8 Å². The Morgan fingerprint density at radius 1 is 0.930 bits per heavy atom. The van der Waals surface area contributed by atoms with Gasteiger partial charge in [-0.25, -0.2) is 0 Å². The van der Waals surface area contributed by atoms with Crippen LogP contribution >= 0.6 is 23.4 Å². The number of thioether (sulfide) groups is 1. The number of hydrogen-bond acceptors (Lipinski definition) is 5. The molecule has 0 aliphatic carbocycles. The number of carbonyl (C=O) groups excluding carboxylic acids is 3. The van der Waals surface area contributed by atoms with E-state index in [1.165, 1.54) is 0 Å². The van der Waals surface area contributed by atoms with Gasteiger partial charge in [0.1, 0.15) is 6.04 Å². The Hall–Kier alpha value is -3.07. The van der Waals surface area contributed by atoms with Gasteiger partial charge in [-0.15, -0.1) is 11.8 Å². The molecule has 2 fully saturated rings. The molecular formula is C34H38ClN3O4S. The maximum atomic E-state index is 14.8. The van der Waals surface area contributed by atoms with E-state index in [1.54, 1.807) is 33.7 Å². The Kier molecular flexibility index (Phi) is 7.98. The lowest BCUT2D eigenvalue weighted by molar-refractivity contribution is -0.145. The number of hydrogen-bond donors (Lipinski definition) is 1. The molecule has 2 aromatic carbocycles. The second-order valence-corrected chi connectivity index (χ2v) is 14.9. The molecule has 3 amide bonds. The molecule has 1 unspecified atom stereocenters. The molecule has 1 N–H and O–H groups in total. The second-order valence-electron chi connectivity index (χ2n) is 12.6. The summed E-state index contributed by atoms with van der Waals surface area (Å²) < 4.78 is -1.67. The molecule has 0 saturated carbocycles. The van der Waals surface area contributed by atoms with Crippen LogP contribution in [-0.4, -0.2) is 73.9 Å². The van der Waals surface area contributed by atoms with Crippen LogP contribution in [0.4, 0.5) is 5.69 Å². The van der Waals surface area contributed by atoms with Crippen molar-refractivity contribution in [1.29, 1.82) is 0 Å². The van der Waals surface area contributed by atoms with Crippen LogP contribution in [0, 0.1) is 17.8 Å². The molecule has 0 bridgehead atoms. The molecule has 6 atom stereocenters. The number of rotatable bonds is 7. The van der Waals surface area contributed by atoms with E-state index in [2.05, 4.69) is 6.08 Å². The summed E-state index contributed by atoms with van der Waals surface area (Å²) >= 11 is 7.72. The number of benzene rings is 2. The number of aliphatic hydroxyl groups excluding tert-OH is 1. The minimum absolute atomic E-state index is 0.0799. The van der Waals surface area contributed by atoms with Gasteiger partial charge in [0.2, 0.25) is 11.8 Å². The van der Waals surface area contributed by atoms with E-state index in [-0.39, 0.29) is 30.2 Å². The van der Waals surface area contributed by atoms with Gasteiger partial charge in [0.15, 0.2) is 0 Å². The Morgan fingerprint density at radius 3 is 2.30 bits per heavy atom. The van der Waals surface area contributed by atoms with E-state index in [0.717, 1.165) is 5.56 Å². The fraction of sp³-hybridized carbons (Fsp3) is 0.441. The first-order valence-electron chi connectivity index (χ1n) is 15.0. The molecular weight excluding hydrogens is 582 g/mol. The molecule has 4 heterocycles. The van der Waals surface area contributed by atoms with Crippen molar-refractivity contribution in [3.8, 4) is 0 Å². The van der Waals surface area contributed by atoms with Crippen LogP contribution in [0.25, 0.3) is 0 Å². The smallest absolute Gasteiger partial charge is 0.251 e. The van der Waals surface area contributed by atoms with Gasteiger partial charge in [-0.1, -0.05) is 80.1 Å². The minimum Gasteiger partial charge on any atom is -0.394 e. The lowest BCUT2D eigenvalue weighted by Gasteiger charge is -2.40. The Labute approximate surface area is 262 Å². The summed E-state index contributed by atoms with van der Waals surface area (Å²) in [4.78, 5) is 49.2. The lowest BCUT2D eigenvalue weighted by Crippen LogP contribution is -2.57. The number of likely N-dealkylation sites (tertiary alicyclic amines) is 1. The molecule has 43 heavy (non-hydrogen) atoms. The third-order valence-electron chi connectivity index (χ3n) is 9.28. The molecule has 4 aliphatic heterocycles. The predicted octanol–water partition coefficient (Wildman–Crippen LogP) is 4.94. The predicted molar refractivity (Wildman–Crippen MR) is 171 cm³/mol. The third-order valence-corrected chi connectivity index (χ3v) is 11.3. The van der Waals surface area contributed by atoms with Gasteiger partial charge in [0, 0.05) is 35.1 Å². The summed E-state index contributed by atoms with van der Waals surface area (Å²) in [5.41, 5.74) is 1.70. The Bertz CT molecular complexity index is 1460. The van der Waals surface area contributed by atoms with Crippen LogP contribution < -0.4 is 4.90 Å². The van der Waals surface area contributed by atoms with Gasteiger partial charge in [-0.3, -0.25) is 14.4 Å². The standard InChI is InChI=1S/C34H38ClN3O4S/c1-22(2)19-26(21-39)38-29-32(42)37(25-13-11-24(35)12-14-25)18-8-16-34(29)28(31(38)41)27-30(40)36(17-7-15-33(27,3)43-34)20-23-9-5-4-6-10-23/h4-16,22,26-29,39H,17-21H2,1-3H3/t26-,27+,28+,29?,33-,34+/m1/s1. The number of halogens is 1. The van der Waals surface area contributed by atoms with Crippen molar-refractivity contribution in [2.24, 2.45) is 17.8 Å². The first-order valence-corrected chi connectivity index (χ1v) is 16.2. The zero-order chi connectivity index (χ0) is 30.5. The topological polar surface area (TPSA) is 81.2 Å². The van der Waals surface area contributed by atoms with Crippen LogP contribution in [0.3, 0.4) is 0 Å². The van der Waals surface area contributed by atoms with Crippen LogP contribution in [0.15, 0.2) is 78.9 Å². The van der Waals surface area contributed by atoms with Crippen LogP contribution in [-0.2, 0) is 20.9 Å². The maximum absolute atomic E-state index is 14.8. The van der Waals surface area contributed by atoms with E-state index < -0.39 is 33.4 Å². The van der Waals surface area contributed by atoms with Crippen molar-refractivity contribution >= 4 is 46.8 Å². The third kappa shape index (κ3) is 5.01. The molecule has 6 rings (SSSR count). The highest BCUT2D eigenvalue weighted by molar-refractivity contribution is 8.02. The van der Waals surface area contributed by atoms with Gasteiger partial charge in [-0.05, 0) is 49.1 Å². The number of nitrogens with zero attached hydrogens (tertiary/aromatic N) is 3. The molecule has 2 aromatic rings. The average Bonchev–Trinajstić information content (AvgIpc) is 3.26. The van der Waals surface area contributed by atoms with Crippen LogP contribution in [0.1, 0.15) is 32.8 Å². The number of anilines is 1. The fourth-order valence-corrected chi connectivity index (χ4v) is 9.79. The van der Waals surface area contributed by atoms with Crippen molar-refractivity contribution in [2.75, 3.05) is 24.6 Å². The van der Waals surface area contributed by atoms with Crippen molar-refractivity contribution in [3.05, 3.63) is 89.5 Å². The highest BCUT2D eigenvalue weighted by Crippen LogP contribution is 2.66. The quantitative estimate of drug-likeness (QED) is 0.444. The zero-order valence-corrected chi connectivity index (χ0v) is 26.3. The molecule has 0 radical (unpaired) electrons. The summed E-state index contributed by atoms with van der Waals surface area (Å²) in [6.45, 7) is 7.07. The van der Waals surface area contributed by atoms with E-state index >= 15 is 0 Å². The van der Waals surface area contributed by atoms with Crippen molar-refractivity contribution in [2.45, 2.75) is 55.3 Å². The van der Waals surface area contributed by atoms with E-state index in [1.807, 2.05) is 86.4 Å². The van der Waals surface area contributed by atoms with Gasteiger partial charge in [0.05, 0.1) is 29.2 Å². The first kappa shape index (κ1) is 30.0. The fourth-order valence-electron chi connectivity index (χ4n) is 7.52. The number of carbonyl (C=O) groups is 3. The van der Waals surface area contributed by atoms with E-state index in [9.17, 15) is 19.5 Å². The summed E-state index contributed by atoms with van der Waals surface area (Å²) in [6, 6.07) is 15.5. The van der Waals surface area contributed by atoms with Gasteiger partial charge < -0.3 is 19.8 Å². The van der Waals surface area contributed by atoms with Crippen LogP contribution in [0.2, 0.25) is 5.02 Å². The van der Waals surface area contributed by atoms with Gasteiger partial charge >= 0.3 is 0 Å². The molecule has 0 aromatic heterocycles. The second kappa shape index (κ2) is 11.5. The molecule has 9 heteroatoms. The summed E-state index contributed by atoms with van der Waals surface area (Å²) in [6.07, 6.45) is 8.63. The Balaban J connectivity index is 1.46. The monoisotopic (exact) mass is 619 g/mol. The summed E-state index contributed by atoms with van der Waals surface area (Å²) in [7, 11) is 0. The molecule has 2 saturated heterocycles. The van der Waals surface area contributed by atoms with Crippen LogP contribution in [0.5, 0.6) is 0 Å². The normalized spacial score (nSPS) is 30.8. The molecule has 7 nitrogen and oxygen atoms in total. The minimum atomic E-state index is -0.977. The highest BCUT2D eigenvalue weighted by Gasteiger charge is 2.74. The SMILES string of the molecule is CC(C)C[C@H](CO)N1C(=O)[C@@H]2[C@H]3C(=O)N(Cc4ccccc4)CC=C[C@@]3(C)S[C@@]23C=CCN(c2ccc(Cl)cc2)C(=O)C13. The first-order chi connectivity index (χ1) is 20.6. The number of aliphatic hydroxyl groups is 1. The van der Waals surface area contributed by atoms with E-state index in [4.69, 9.17) is 11.6 Å². The zero-order valence-electron chi connectivity index (χ0n) is 24.7. The van der Waals surface area contributed by atoms with Crippen molar-refractivity contribution in [3.63, 3.8) is 0 Å². The average molecular weight is 620 g/mol. The largest absolute Gasteiger partial charge is 0.394 e. The summed E-state index contributed by atoms with van der Waals surface area (Å²) in [5, 5.41) is 11.2. The van der Waals surface area contributed by atoms with Crippen molar-refractivity contribution < 1.29 is 19.5 Å². The number of amides is 3. The van der Waals surface area contributed by atoms with Crippen molar-refractivity contribution in [1.82, 2.24) is 9.80 Å². The molecule has 4 aliphatic rings.